The third-order valence-electron chi connectivity index (χ3n) is 2.10. The molecule has 0 spiro atoms. The fourth-order valence-corrected chi connectivity index (χ4v) is 1.22. The molecule has 14 heavy (non-hydrogen) atoms. The van der Waals surface area contributed by atoms with Gasteiger partial charge in [-0.3, -0.25) is 0 Å². The van der Waals surface area contributed by atoms with E-state index in [9.17, 15) is 4.79 Å². The van der Waals surface area contributed by atoms with Crippen LogP contribution in [0.25, 0.3) is 0 Å². The molecule has 0 aromatic rings. The molecule has 1 N–H and O–H groups in total. The summed E-state index contributed by atoms with van der Waals surface area (Å²) < 4.78 is 0. The molecule has 0 unspecified atom stereocenters. The number of amides is 2. The molecule has 2 amide bonds. The first-order chi connectivity index (χ1) is 6.61. The van der Waals surface area contributed by atoms with E-state index in [4.69, 9.17) is 0 Å². The number of hydrogen-bond donors (Lipinski definition) is 1. The number of likely N-dealkylation sites (N-methyl/N-ethyl adjacent to an activating group) is 1. The van der Waals surface area contributed by atoms with E-state index in [1.807, 2.05) is 0 Å². The van der Waals surface area contributed by atoms with E-state index in [0.717, 1.165) is 32.6 Å². The number of hydrogen-bond acceptors (Lipinski definition) is 2. The van der Waals surface area contributed by atoms with Crippen molar-refractivity contribution in [1.82, 2.24) is 15.1 Å². The average Bonchev–Trinajstić information content (AvgIpc) is 2.16. The van der Waals surface area contributed by atoms with Crippen LogP contribution in [-0.2, 0) is 0 Å². The molecule has 0 atom stereocenters. The monoisotopic (exact) mass is 201 g/mol. The van der Waals surface area contributed by atoms with Crippen LogP contribution in [0.2, 0.25) is 0 Å². The van der Waals surface area contributed by atoms with Gasteiger partial charge >= 0.3 is 6.03 Å². The van der Waals surface area contributed by atoms with Crippen molar-refractivity contribution in [3.63, 3.8) is 0 Å². The first-order valence-electron chi connectivity index (χ1n) is 5.29. The lowest BCUT2D eigenvalue weighted by Gasteiger charge is -2.20. The highest BCUT2D eigenvalue weighted by Crippen LogP contribution is 1.89. The lowest BCUT2D eigenvalue weighted by molar-refractivity contribution is 0.213. The van der Waals surface area contributed by atoms with Gasteiger partial charge in [-0.05, 0) is 19.5 Å². The number of carbonyl (C=O) groups excluding carboxylic acids is 1. The molecule has 0 aliphatic rings. The van der Waals surface area contributed by atoms with E-state index >= 15 is 0 Å². The Morgan fingerprint density at radius 3 is 2.29 bits per heavy atom. The summed E-state index contributed by atoms with van der Waals surface area (Å²) in [6.45, 7) is 8.12. The number of rotatable bonds is 6. The first-order valence-corrected chi connectivity index (χ1v) is 5.29. The maximum absolute atomic E-state index is 11.2. The van der Waals surface area contributed by atoms with Gasteiger partial charge in [0.1, 0.15) is 0 Å². The Kier molecular flexibility index (Phi) is 7.20. The van der Waals surface area contributed by atoms with Crippen LogP contribution >= 0.6 is 0 Å². The maximum Gasteiger partial charge on any atom is 0.316 e. The minimum Gasteiger partial charge on any atom is -0.337 e. The Morgan fingerprint density at radius 1 is 1.21 bits per heavy atom. The summed E-state index contributed by atoms with van der Waals surface area (Å²) in [4.78, 5) is 15.0. The lowest BCUT2D eigenvalue weighted by atomic mass is 10.4. The summed E-state index contributed by atoms with van der Waals surface area (Å²) in [6, 6.07) is -0.0162. The van der Waals surface area contributed by atoms with E-state index < -0.39 is 0 Å². The predicted molar refractivity (Wildman–Crippen MR) is 59.5 cm³/mol. The minimum atomic E-state index is -0.0162. The molecule has 4 heteroatoms. The fraction of sp³-hybridized carbons (Fsp3) is 0.900. The Hall–Kier alpha value is -0.770. The van der Waals surface area contributed by atoms with Gasteiger partial charge in [0.05, 0.1) is 0 Å². The van der Waals surface area contributed by atoms with Crippen LogP contribution in [0.5, 0.6) is 0 Å². The lowest BCUT2D eigenvalue weighted by Crippen LogP contribution is -2.39. The third-order valence-corrected chi connectivity index (χ3v) is 2.10. The van der Waals surface area contributed by atoms with E-state index in [1.165, 1.54) is 0 Å². The molecule has 0 aliphatic carbocycles. The third kappa shape index (κ3) is 5.80. The van der Waals surface area contributed by atoms with Crippen LogP contribution in [-0.4, -0.2) is 56.1 Å². The molecular weight excluding hydrogens is 178 g/mol. The van der Waals surface area contributed by atoms with Crippen LogP contribution in [0.1, 0.15) is 20.3 Å². The second-order valence-corrected chi connectivity index (χ2v) is 3.56. The summed E-state index contributed by atoms with van der Waals surface area (Å²) >= 11 is 0. The van der Waals surface area contributed by atoms with Gasteiger partial charge in [0.15, 0.2) is 0 Å². The second kappa shape index (κ2) is 7.62. The van der Waals surface area contributed by atoms with Gasteiger partial charge in [0, 0.05) is 27.2 Å². The Labute approximate surface area is 87.3 Å². The Balaban J connectivity index is 3.55. The van der Waals surface area contributed by atoms with Crippen LogP contribution in [0.3, 0.4) is 0 Å². The highest BCUT2D eigenvalue weighted by Gasteiger charge is 2.03. The van der Waals surface area contributed by atoms with Gasteiger partial charge in [-0.2, -0.15) is 0 Å². The summed E-state index contributed by atoms with van der Waals surface area (Å²) in [5.74, 6) is 0. The van der Waals surface area contributed by atoms with Crippen molar-refractivity contribution in [2.45, 2.75) is 20.3 Å². The SMILES string of the molecule is CCCN(CC)CCNC(=O)N(C)C. The van der Waals surface area contributed by atoms with Gasteiger partial charge in [-0.25, -0.2) is 4.79 Å². The van der Waals surface area contributed by atoms with Crippen molar-refractivity contribution in [2.75, 3.05) is 40.3 Å². The van der Waals surface area contributed by atoms with Crippen molar-refractivity contribution >= 4 is 6.03 Å². The van der Waals surface area contributed by atoms with Crippen LogP contribution in [0.4, 0.5) is 4.79 Å². The van der Waals surface area contributed by atoms with Crippen LogP contribution < -0.4 is 5.32 Å². The smallest absolute Gasteiger partial charge is 0.316 e. The molecule has 0 aromatic heterocycles. The highest BCUT2D eigenvalue weighted by molar-refractivity contribution is 5.73. The minimum absolute atomic E-state index is 0.0162. The van der Waals surface area contributed by atoms with Gasteiger partial charge in [-0.15, -0.1) is 0 Å². The highest BCUT2D eigenvalue weighted by atomic mass is 16.2. The molecule has 0 rings (SSSR count). The van der Waals surface area contributed by atoms with Crippen molar-refractivity contribution in [2.24, 2.45) is 0 Å². The largest absolute Gasteiger partial charge is 0.337 e. The van der Waals surface area contributed by atoms with Crippen molar-refractivity contribution in [3.8, 4) is 0 Å². The molecule has 0 heterocycles. The molecule has 0 fully saturated rings. The van der Waals surface area contributed by atoms with Crippen molar-refractivity contribution < 1.29 is 4.79 Å². The van der Waals surface area contributed by atoms with Crippen molar-refractivity contribution in [1.29, 1.82) is 0 Å². The Morgan fingerprint density at radius 2 is 1.86 bits per heavy atom. The molecule has 0 radical (unpaired) electrons. The van der Waals surface area contributed by atoms with Gasteiger partial charge in [-0.1, -0.05) is 13.8 Å². The molecule has 4 nitrogen and oxygen atoms in total. The van der Waals surface area contributed by atoms with Gasteiger partial charge in [0.25, 0.3) is 0 Å². The molecule has 0 aliphatic heterocycles. The molecule has 0 aromatic carbocycles. The Bertz CT molecular complexity index is 159. The van der Waals surface area contributed by atoms with Crippen LogP contribution in [0, 0.1) is 0 Å². The first kappa shape index (κ1) is 13.2. The van der Waals surface area contributed by atoms with E-state index in [-0.39, 0.29) is 6.03 Å². The van der Waals surface area contributed by atoms with E-state index in [2.05, 4.69) is 24.1 Å². The molecule has 0 saturated heterocycles. The number of carbonyl (C=O) groups is 1. The standard InChI is InChI=1S/C10H23N3O/c1-5-8-13(6-2)9-7-11-10(14)12(3)4/h5-9H2,1-4H3,(H,11,14). The zero-order valence-corrected chi connectivity index (χ0v) is 9.84. The normalized spacial score (nSPS) is 10.4. The van der Waals surface area contributed by atoms with Crippen molar-refractivity contribution in [3.05, 3.63) is 0 Å². The maximum atomic E-state index is 11.2. The van der Waals surface area contributed by atoms with Gasteiger partial charge < -0.3 is 15.1 Å². The zero-order valence-electron chi connectivity index (χ0n) is 9.84. The van der Waals surface area contributed by atoms with E-state index in [0.29, 0.717) is 0 Å². The van der Waals surface area contributed by atoms with E-state index in [1.54, 1.807) is 19.0 Å². The summed E-state index contributed by atoms with van der Waals surface area (Å²) in [5, 5.41) is 2.85. The second-order valence-electron chi connectivity index (χ2n) is 3.56. The van der Waals surface area contributed by atoms with Gasteiger partial charge in [0.2, 0.25) is 0 Å². The number of nitrogens with zero attached hydrogens (tertiary/aromatic N) is 2. The average molecular weight is 201 g/mol. The summed E-state index contributed by atoms with van der Waals surface area (Å²) in [5.41, 5.74) is 0. The number of nitrogens with one attached hydrogen (secondary N) is 1. The fourth-order valence-electron chi connectivity index (χ4n) is 1.22. The van der Waals surface area contributed by atoms with Crippen LogP contribution in [0.15, 0.2) is 0 Å². The predicted octanol–water partition coefficient (Wildman–Crippen LogP) is 0.990. The number of urea groups is 1. The molecule has 0 bridgehead atoms. The quantitative estimate of drug-likeness (QED) is 0.695. The molecule has 84 valence electrons. The molecular formula is C10H23N3O. The topological polar surface area (TPSA) is 35.6 Å². The summed E-state index contributed by atoms with van der Waals surface area (Å²) in [7, 11) is 3.50. The summed E-state index contributed by atoms with van der Waals surface area (Å²) in [6.07, 6.45) is 1.16. The zero-order chi connectivity index (χ0) is 11.0. The molecule has 0 saturated carbocycles.